The van der Waals surface area contributed by atoms with Gasteiger partial charge in [-0.25, -0.2) is 9.37 Å². The fourth-order valence-electron chi connectivity index (χ4n) is 2.40. The van der Waals surface area contributed by atoms with Crippen molar-refractivity contribution in [1.82, 2.24) is 24.8 Å². The van der Waals surface area contributed by atoms with Crippen molar-refractivity contribution in [1.29, 1.82) is 0 Å². The summed E-state index contributed by atoms with van der Waals surface area (Å²) in [7, 11) is 0. The Morgan fingerprint density at radius 3 is 2.79 bits per heavy atom. The Bertz CT molecular complexity index is 1020. The molecule has 0 aliphatic rings. The summed E-state index contributed by atoms with van der Waals surface area (Å²) in [5, 5.41) is 22.4. The smallest absolute Gasteiger partial charge is 0.254 e. The van der Waals surface area contributed by atoms with E-state index in [1.807, 2.05) is 0 Å². The van der Waals surface area contributed by atoms with E-state index in [1.165, 1.54) is 22.8 Å². The van der Waals surface area contributed by atoms with Gasteiger partial charge in [-0.3, -0.25) is 0 Å². The zero-order valence-electron chi connectivity index (χ0n) is 12.6. The molecule has 120 valence electrons. The van der Waals surface area contributed by atoms with Crippen molar-refractivity contribution < 1.29 is 13.9 Å². The summed E-state index contributed by atoms with van der Waals surface area (Å²) in [6.07, 6.45) is 1.82. The van der Waals surface area contributed by atoms with Crippen molar-refractivity contribution in [3.8, 4) is 17.3 Å². The van der Waals surface area contributed by atoms with E-state index in [0.29, 0.717) is 23.5 Å². The molecule has 0 amide bonds. The molecule has 1 N–H and O–H groups in total. The first kappa shape index (κ1) is 14.3. The van der Waals surface area contributed by atoms with Crippen LogP contribution in [0, 0.1) is 12.7 Å². The first-order valence-corrected chi connectivity index (χ1v) is 7.22. The molecule has 0 saturated carbocycles. The van der Waals surface area contributed by atoms with E-state index >= 15 is 0 Å². The van der Waals surface area contributed by atoms with Crippen molar-refractivity contribution >= 4 is 5.65 Å². The lowest BCUT2D eigenvalue weighted by molar-refractivity contribution is 0.432. The lowest BCUT2D eigenvalue weighted by atomic mass is 10.1. The van der Waals surface area contributed by atoms with Gasteiger partial charge in [0.1, 0.15) is 11.4 Å². The predicted molar refractivity (Wildman–Crippen MR) is 81.9 cm³/mol. The standard InChI is InChI=1S/C16H12FN5O2/c1-9-6-13-18-8-12(16(23)22(13)21-9)15-20-19-14(24-15)7-10-2-4-11(17)5-3-10/h2-6,8,23H,7H2,1H3. The fraction of sp³-hybridized carbons (Fsp3) is 0.125. The third-order valence-electron chi connectivity index (χ3n) is 3.55. The van der Waals surface area contributed by atoms with E-state index in [0.717, 1.165) is 11.3 Å². The van der Waals surface area contributed by atoms with E-state index in [-0.39, 0.29) is 17.6 Å². The Morgan fingerprint density at radius 2 is 2.00 bits per heavy atom. The minimum atomic E-state index is -0.302. The van der Waals surface area contributed by atoms with Crippen molar-refractivity contribution in [2.45, 2.75) is 13.3 Å². The van der Waals surface area contributed by atoms with Crippen LogP contribution in [0.2, 0.25) is 0 Å². The van der Waals surface area contributed by atoms with Crippen LogP contribution in [0.5, 0.6) is 5.88 Å². The summed E-state index contributed by atoms with van der Waals surface area (Å²) in [6, 6.07) is 7.79. The van der Waals surface area contributed by atoms with Gasteiger partial charge in [-0.05, 0) is 24.6 Å². The highest BCUT2D eigenvalue weighted by molar-refractivity contribution is 5.61. The summed E-state index contributed by atoms with van der Waals surface area (Å²) in [5.41, 5.74) is 2.40. The van der Waals surface area contributed by atoms with E-state index in [9.17, 15) is 9.50 Å². The summed E-state index contributed by atoms with van der Waals surface area (Å²) < 4.78 is 19.8. The number of nitrogens with zero attached hydrogens (tertiary/aromatic N) is 5. The quantitative estimate of drug-likeness (QED) is 0.622. The molecule has 0 bridgehead atoms. The molecule has 0 unspecified atom stereocenters. The van der Waals surface area contributed by atoms with Crippen molar-refractivity contribution in [3.05, 3.63) is 59.5 Å². The van der Waals surface area contributed by atoms with Gasteiger partial charge >= 0.3 is 0 Å². The molecule has 1 aromatic carbocycles. The van der Waals surface area contributed by atoms with Crippen LogP contribution in [0.4, 0.5) is 4.39 Å². The zero-order valence-corrected chi connectivity index (χ0v) is 12.6. The number of halogens is 1. The molecule has 0 atom stereocenters. The van der Waals surface area contributed by atoms with Gasteiger partial charge in [-0.15, -0.1) is 10.2 Å². The SMILES string of the molecule is Cc1cc2ncc(-c3nnc(Cc4ccc(F)cc4)o3)c(O)n2n1. The third kappa shape index (κ3) is 2.47. The lowest BCUT2D eigenvalue weighted by Gasteiger charge is -2.01. The second-order valence-corrected chi connectivity index (χ2v) is 5.36. The van der Waals surface area contributed by atoms with Gasteiger partial charge in [0.15, 0.2) is 5.65 Å². The molecule has 0 saturated heterocycles. The molecule has 0 aliphatic carbocycles. The van der Waals surface area contributed by atoms with Gasteiger partial charge in [-0.1, -0.05) is 12.1 Å². The molecule has 0 spiro atoms. The molecule has 0 radical (unpaired) electrons. The Kier molecular flexibility index (Phi) is 3.23. The van der Waals surface area contributed by atoms with Gasteiger partial charge in [0.05, 0.1) is 12.1 Å². The van der Waals surface area contributed by atoms with Crippen LogP contribution < -0.4 is 0 Å². The Morgan fingerprint density at radius 1 is 1.21 bits per heavy atom. The molecule has 3 heterocycles. The Labute approximate surface area is 135 Å². The number of rotatable bonds is 3. The first-order chi connectivity index (χ1) is 11.6. The van der Waals surface area contributed by atoms with E-state index in [2.05, 4.69) is 20.3 Å². The molecule has 4 rings (SSSR count). The number of aryl methyl sites for hydroxylation is 1. The minimum absolute atomic E-state index is 0.120. The molecule has 24 heavy (non-hydrogen) atoms. The molecule has 4 aromatic rings. The maximum absolute atomic E-state index is 12.9. The van der Waals surface area contributed by atoms with Crippen LogP contribution in [0.1, 0.15) is 17.1 Å². The second-order valence-electron chi connectivity index (χ2n) is 5.36. The van der Waals surface area contributed by atoms with Gasteiger partial charge in [0, 0.05) is 12.3 Å². The highest BCUT2D eigenvalue weighted by Crippen LogP contribution is 2.28. The van der Waals surface area contributed by atoms with Crippen molar-refractivity contribution in [3.63, 3.8) is 0 Å². The van der Waals surface area contributed by atoms with Crippen molar-refractivity contribution in [2.24, 2.45) is 0 Å². The van der Waals surface area contributed by atoms with Crippen LogP contribution in [-0.4, -0.2) is 29.9 Å². The van der Waals surface area contributed by atoms with Gasteiger partial charge in [0.2, 0.25) is 11.8 Å². The van der Waals surface area contributed by atoms with E-state index < -0.39 is 0 Å². The minimum Gasteiger partial charge on any atom is -0.493 e. The summed E-state index contributed by atoms with van der Waals surface area (Å²) in [6.45, 7) is 1.81. The average Bonchev–Trinajstić information content (AvgIpc) is 3.16. The van der Waals surface area contributed by atoms with Crippen LogP contribution in [0.15, 0.2) is 40.9 Å². The number of hydrogen-bond acceptors (Lipinski definition) is 6. The van der Waals surface area contributed by atoms with Crippen LogP contribution in [-0.2, 0) is 6.42 Å². The molecule has 0 fully saturated rings. The molecular weight excluding hydrogens is 313 g/mol. The van der Waals surface area contributed by atoms with Crippen LogP contribution in [0.25, 0.3) is 17.1 Å². The number of aromatic nitrogens is 5. The third-order valence-corrected chi connectivity index (χ3v) is 3.55. The molecule has 8 heteroatoms. The number of benzene rings is 1. The average molecular weight is 325 g/mol. The summed E-state index contributed by atoms with van der Waals surface area (Å²) in [4.78, 5) is 4.21. The van der Waals surface area contributed by atoms with Gasteiger partial charge < -0.3 is 9.52 Å². The maximum Gasteiger partial charge on any atom is 0.254 e. The Hall–Kier alpha value is -3.29. The first-order valence-electron chi connectivity index (χ1n) is 7.22. The number of fused-ring (bicyclic) bond motifs is 1. The van der Waals surface area contributed by atoms with E-state index in [1.54, 1.807) is 25.1 Å². The molecule has 0 aliphatic heterocycles. The number of hydrogen-bond donors (Lipinski definition) is 1. The van der Waals surface area contributed by atoms with Crippen LogP contribution >= 0.6 is 0 Å². The van der Waals surface area contributed by atoms with Crippen molar-refractivity contribution in [2.75, 3.05) is 0 Å². The normalized spacial score (nSPS) is 11.2. The van der Waals surface area contributed by atoms with Gasteiger partial charge in [0.25, 0.3) is 5.89 Å². The number of aromatic hydroxyl groups is 1. The largest absolute Gasteiger partial charge is 0.493 e. The van der Waals surface area contributed by atoms with E-state index in [4.69, 9.17) is 4.42 Å². The summed E-state index contributed by atoms with van der Waals surface area (Å²) in [5.74, 6) is 0.0776. The lowest BCUT2D eigenvalue weighted by Crippen LogP contribution is -1.94. The van der Waals surface area contributed by atoms with Crippen LogP contribution in [0.3, 0.4) is 0 Å². The fourth-order valence-corrected chi connectivity index (χ4v) is 2.40. The highest BCUT2D eigenvalue weighted by Gasteiger charge is 2.17. The summed E-state index contributed by atoms with van der Waals surface area (Å²) >= 11 is 0. The predicted octanol–water partition coefficient (Wildman–Crippen LogP) is 2.52. The maximum atomic E-state index is 12.9. The molecular formula is C16H12FN5O2. The highest BCUT2D eigenvalue weighted by atomic mass is 19.1. The topological polar surface area (TPSA) is 89.3 Å². The molecule has 3 aromatic heterocycles. The Balaban J connectivity index is 1.67. The zero-order chi connectivity index (χ0) is 16.7. The van der Waals surface area contributed by atoms with Gasteiger partial charge in [-0.2, -0.15) is 9.61 Å². The monoisotopic (exact) mass is 325 g/mol. The molecule has 7 nitrogen and oxygen atoms in total. The second kappa shape index (κ2) is 5.41.